The summed E-state index contributed by atoms with van der Waals surface area (Å²) in [6.07, 6.45) is 0.269. The van der Waals surface area contributed by atoms with Crippen molar-refractivity contribution in [1.29, 1.82) is 5.41 Å². The van der Waals surface area contributed by atoms with Crippen LogP contribution in [0.1, 0.15) is 33.5 Å². The Kier molecular flexibility index (Phi) is 7.52. The van der Waals surface area contributed by atoms with Gasteiger partial charge in [0, 0.05) is 42.6 Å². The van der Waals surface area contributed by atoms with E-state index in [1.807, 2.05) is 30.3 Å². The molecule has 0 spiro atoms. The van der Waals surface area contributed by atoms with Gasteiger partial charge in [-0.25, -0.2) is 0 Å². The average Bonchev–Trinajstić information content (AvgIpc) is 3.02. The van der Waals surface area contributed by atoms with Crippen molar-refractivity contribution in [1.82, 2.24) is 4.90 Å². The van der Waals surface area contributed by atoms with Gasteiger partial charge in [0.2, 0.25) is 5.91 Å². The van der Waals surface area contributed by atoms with E-state index in [1.54, 1.807) is 54.4 Å². The van der Waals surface area contributed by atoms with Gasteiger partial charge in [-0.05, 0) is 47.9 Å². The van der Waals surface area contributed by atoms with Crippen molar-refractivity contribution in [3.05, 3.63) is 95.1 Å². The van der Waals surface area contributed by atoms with Crippen LogP contribution in [-0.4, -0.2) is 53.3 Å². The Labute approximate surface area is 215 Å². The van der Waals surface area contributed by atoms with E-state index in [1.165, 1.54) is 4.90 Å². The molecule has 0 radical (unpaired) electrons. The smallest absolute Gasteiger partial charge is 0.305 e. The van der Waals surface area contributed by atoms with Crippen LogP contribution in [0, 0.1) is 5.41 Å². The zero-order valence-electron chi connectivity index (χ0n) is 20.5. The van der Waals surface area contributed by atoms with Gasteiger partial charge in [-0.15, -0.1) is 0 Å². The zero-order valence-corrected chi connectivity index (χ0v) is 20.5. The minimum Gasteiger partial charge on any atom is -0.481 e. The molecule has 1 heterocycles. The topological polar surface area (TPSA) is 140 Å². The number of rotatable bonds is 8. The number of amides is 2. The fourth-order valence-electron chi connectivity index (χ4n) is 4.36. The van der Waals surface area contributed by atoms with Crippen LogP contribution in [0.25, 0.3) is 0 Å². The minimum atomic E-state index is -1.07. The van der Waals surface area contributed by atoms with E-state index in [9.17, 15) is 19.5 Å². The number of nitrogens with one attached hydrogen (secondary N) is 2. The van der Waals surface area contributed by atoms with Gasteiger partial charge in [-0.3, -0.25) is 19.8 Å². The summed E-state index contributed by atoms with van der Waals surface area (Å²) >= 11 is 0. The predicted octanol–water partition coefficient (Wildman–Crippen LogP) is 3.09. The number of fused-ring (bicyclic) bond motifs is 1. The molecule has 0 saturated heterocycles. The first kappa shape index (κ1) is 25.4. The van der Waals surface area contributed by atoms with Crippen LogP contribution in [0.15, 0.2) is 72.8 Å². The largest absolute Gasteiger partial charge is 0.481 e. The maximum absolute atomic E-state index is 13.3. The van der Waals surface area contributed by atoms with Gasteiger partial charge in [0.1, 0.15) is 11.9 Å². The van der Waals surface area contributed by atoms with Gasteiger partial charge in [0.15, 0.2) is 0 Å². The molecular weight excluding hydrogens is 470 g/mol. The number of hydrogen-bond acceptors (Lipinski definition) is 5. The number of nitrogens with zero attached hydrogens (tertiary/aromatic N) is 2. The fourth-order valence-corrected chi connectivity index (χ4v) is 4.36. The lowest BCUT2D eigenvalue weighted by molar-refractivity contribution is -0.141. The van der Waals surface area contributed by atoms with Crippen LogP contribution in [0.2, 0.25) is 0 Å². The Hall–Kier alpha value is -4.66. The molecule has 190 valence electrons. The number of carbonyl (C=O) groups excluding carboxylic acids is 2. The lowest BCUT2D eigenvalue weighted by atomic mass is 10.1. The number of amidine groups is 1. The Morgan fingerprint density at radius 1 is 1.08 bits per heavy atom. The predicted molar refractivity (Wildman–Crippen MR) is 142 cm³/mol. The van der Waals surface area contributed by atoms with Crippen LogP contribution in [-0.2, 0) is 22.6 Å². The van der Waals surface area contributed by atoms with E-state index in [2.05, 4.69) is 5.32 Å². The van der Waals surface area contributed by atoms with Gasteiger partial charge in [-0.1, -0.05) is 42.5 Å². The van der Waals surface area contributed by atoms with Crippen LogP contribution in [0.5, 0.6) is 0 Å². The number of benzene rings is 3. The first-order valence-electron chi connectivity index (χ1n) is 11.9. The van der Waals surface area contributed by atoms with E-state index < -0.39 is 12.0 Å². The molecule has 0 bridgehead atoms. The quantitative estimate of drug-likeness (QED) is 0.277. The van der Waals surface area contributed by atoms with Crippen molar-refractivity contribution in [2.24, 2.45) is 5.73 Å². The molecule has 1 atom stereocenters. The molecule has 9 heteroatoms. The second kappa shape index (κ2) is 10.9. The molecule has 0 saturated carbocycles. The van der Waals surface area contributed by atoms with Crippen molar-refractivity contribution in [2.45, 2.75) is 25.4 Å². The molecule has 1 aliphatic rings. The minimum absolute atomic E-state index is 0.0880. The molecule has 5 N–H and O–H groups in total. The number of nitrogen functional groups attached to an aromatic ring is 1. The summed E-state index contributed by atoms with van der Waals surface area (Å²) in [5.74, 6) is -1.72. The number of aliphatic carboxylic acids is 1. The molecule has 2 amide bonds. The van der Waals surface area contributed by atoms with Crippen LogP contribution in [0.4, 0.5) is 11.4 Å². The van der Waals surface area contributed by atoms with E-state index in [-0.39, 0.29) is 30.6 Å². The normalized spacial score (nSPS) is 14.8. The molecule has 9 nitrogen and oxygen atoms in total. The van der Waals surface area contributed by atoms with Crippen molar-refractivity contribution in [2.75, 3.05) is 23.8 Å². The molecular formula is C28H29N5O4. The highest BCUT2D eigenvalue weighted by atomic mass is 16.4. The summed E-state index contributed by atoms with van der Waals surface area (Å²) in [4.78, 5) is 41.2. The molecule has 1 unspecified atom stereocenters. The maximum Gasteiger partial charge on any atom is 0.305 e. The Morgan fingerprint density at radius 3 is 2.54 bits per heavy atom. The number of carboxylic acid groups (broad SMARTS) is 1. The lowest BCUT2D eigenvalue weighted by Gasteiger charge is -2.24. The highest BCUT2D eigenvalue weighted by molar-refractivity contribution is 6.07. The van der Waals surface area contributed by atoms with Gasteiger partial charge < -0.3 is 26.0 Å². The summed E-state index contributed by atoms with van der Waals surface area (Å²) in [5.41, 5.74) is 9.54. The van der Waals surface area contributed by atoms with Crippen molar-refractivity contribution in [3.63, 3.8) is 0 Å². The highest BCUT2D eigenvalue weighted by Gasteiger charge is 2.31. The molecule has 0 aliphatic carbocycles. The van der Waals surface area contributed by atoms with Crippen LogP contribution in [0.3, 0.4) is 0 Å². The fraction of sp³-hybridized carbons (Fsp3) is 0.214. The van der Waals surface area contributed by atoms with E-state index in [0.29, 0.717) is 35.5 Å². The lowest BCUT2D eigenvalue weighted by Crippen LogP contribution is -2.42. The number of anilines is 2. The Balaban J connectivity index is 1.61. The van der Waals surface area contributed by atoms with Crippen LogP contribution >= 0.6 is 0 Å². The molecule has 3 aromatic carbocycles. The monoisotopic (exact) mass is 499 g/mol. The van der Waals surface area contributed by atoms with E-state index in [0.717, 1.165) is 11.1 Å². The third kappa shape index (κ3) is 5.95. The van der Waals surface area contributed by atoms with Gasteiger partial charge in [0.05, 0.1) is 6.42 Å². The molecule has 3 aromatic rings. The standard InChI is InChI=1S/C28H29N5O4/c1-32(22-9-5-8-19(15-22)26(29)30)27(36)20-10-11-23-21(14-20)17-33(13-12-18-6-3-2-4-7-18)28(37)24(31-23)16-25(34)35/h2-11,14-15,24,31H,12-13,16-17H2,1H3,(H3,29,30)(H,34,35). The van der Waals surface area contributed by atoms with Crippen molar-refractivity contribution >= 4 is 35.0 Å². The zero-order chi connectivity index (χ0) is 26.5. The van der Waals surface area contributed by atoms with Gasteiger partial charge in [0.25, 0.3) is 5.91 Å². The summed E-state index contributed by atoms with van der Waals surface area (Å²) in [6.45, 7) is 0.658. The van der Waals surface area contributed by atoms with Crippen molar-refractivity contribution in [3.8, 4) is 0 Å². The van der Waals surface area contributed by atoms with Crippen LogP contribution < -0.4 is 16.0 Å². The molecule has 0 aromatic heterocycles. The van der Waals surface area contributed by atoms with Gasteiger partial charge >= 0.3 is 5.97 Å². The third-order valence-corrected chi connectivity index (χ3v) is 6.39. The summed E-state index contributed by atoms with van der Waals surface area (Å²) < 4.78 is 0. The van der Waals surface area contributed by atoms with E-state index >= 15 is 0 Å². The second-order valence-electron chi connectivity index (χ2n) is 8.99. The van der Waals surface area contributed by atoms with Gasteiger partial charge in [-0.2, -0.15) is 0 Å². The molecule has 1 aliphatic heterocycles. The Morgan fingerprint density at radius 2 is 1.84 bits per heavy atom. The first-order chi connectivity index (χ1) is 17.7. The summed E-state index contributed by atoms with van der Waals surface area (Å²) in [5, 5.41) is 20.1. The molecule has 37 heavy (non-hydrogen) atoms. The highest BCUT2D eigenvalue weighted by Crippen LogP contribution is 2.27. The number of hydrogen-bond donors (Lipinski definition) is 4. The number of nitrogens with two attached hydrogens (primary N) is 1. The maximum atomic E-state index is 13.3. The van der Waals surface area contributed by atoms with Crippen molar-refractivity contribution < 1.29 is 19.5 Å². The SMILES string of the molecule is CN(C(=O)c1ccc2c(c1)CN(CCc1ccccc1)C(=O)C(CC(=O)O)N2)c1cccc(C(=N)N)c1. The summed E-state index contributed by atoms with van der Waals surface area (Å²) in [7, 11) is 1.64. The molecule has 0 fully saturated rings. The average molecular weight is 500 g/mol. The summed E-state index contributed by atoms with van der Waals surface area (Å²) in [6, 6.07) is 20.8. The first-order valence-corrected chi connectivity index (χ1v) is 11.9. The second-order valence-corrected chi connectivity index (χ2v) is 8.99. The Bertz CT molecular complexity index is 1340. The third-order valence-electron chi connectivity index (χ3n) is 6.39. The molecule has 4 rings (SSSR count). The number of carbonyl (C=O) groups is 3. The number of carboxylic acids is 1. The van der Waals surface area contributed by atoms with E-state index in [4.69, 9.17) is 11.1 Å².